The van der Waals surface area contributed by atoms with Crippen molar-refractivity contribution in [3.63, 3.8) is 0 Å². The zero-order chi connectivity index (χ0) is 13.0. The van der Waals surface area contributed by atoms with Gasteiger partial charge in [-0.05, 0) is 22.9 Å². The van der Waals surface area contributed by atoms with Gasteiger partial charge in [-0.15, -0.1) is 0 Å². The van der Waals surface area contributed by atoms with E-state index in [1.807, 2.05) is 0 Å². The van der Waals surface area contributed by atoms with Gasteiger partial charge in [0.15, 0.2) is 0 Å². The molecule has 0 bridgehead atoms. The maximum absolute atomic E-state index is 11.6. The normalized spacial score (nSPS) is 10.0. The second-order valence-electron chi connectivity index (χ2n) is 3.04. The molecule has 0 N–H and O–H groups in total. The van der Waals surface area contributed by atoms with E-state index < -0.39 is 22.1 Å². The van der Waals surface area contributed by atoms with Gasteiger partial charge in [-0.3, -0.25) is 24.3 Å². The quantitative estimate of drug-likeness (QED) is 0.471. The van der Waals surface area contributed by atoms with Gasteiger partial charge in [0.1, 0.15) is 6.54 Å². The largest absolute Gasteiger partial charge is 0.465 e. The zero-order valence-corrected chi connectivity index (χ0v) is 10.5. The molecule has 17 heavy (non-hydrogen) atoms. The topological polar surface area (TPSA) is 91.4 Å². The Kier molecular flexibility index (Phi) is 4.38. The van der Waals surface area contributed by atoms with Crippen LogP contribution in [0.25, 0.3) is 0 Å². The Morgan fingerprint density at radius 2 is 2.29 bits per heavy atom. The fourth-order valence-corrected chi connectivity index (χ4v) is 1.64. The molecule has 0 atom stereocenters. The van der Waals surface area contributed by atoms with Crippen LogP contribution < -0.4 is 5.56 Å². The summed E-state index contributed by atoms with van der Waals surface area (Å²) in [5.41, 5.74) is -1.44. The first kappa shape index (κ1) is 13.4. The highest BCUT2D eigenvalue weighted by Gasteiger charge is 2.17. The number of rotatable bonds is 4. The lowest BCUT2D eigenvalue weighted by molar-refractivity contribution is -0.386. The molecule has 0 saturated heterocycles. The summed E-state index contributed by atoms with van der Waals surface area (Å²) in [5.74, 6) is -0.623. The molecule has 0 unspecified atom stereocenters. The summed E-state index contributed by atoms with van der Waals surface area (Å²) in [6.45, 7) is 1.46. The average Bonchev–Trinajstić information content (AvgIpc) is 2.22. The number of esters is 1. The Bertz CT molecular complexity index is 511. The summed E-state index contributed by atoms with van der Waals surface area (Å²) in [4.78, 5) is 32.6. The molecule has 8 heteroatoms. The Morgan fingerprint density at radius 1 is 1.65 bits per heavy atom. The Hall–Kier alpha value is -1.70. The number of hydrogen-bond acceptors (Lipinski definition) is 5. The van der Waals surface area contributed by atoms with Gasteiger partial charge in [-0.1, -0.05) is 0 Å². The molecule has 0 aliphatic rings. The number of ether oxygens (including phenoxy) is 1. The second-order valence-corrected chi connectivity index (χ2v) is 3.95. The van der Waals surface area contributed by atoms with E-state index >= 15 is 0 Å². The number of pyridine rings is 1. The van der Waals surface area contributed by atoms with Crippen LogP contribution in [0, 0.1) is 10.1 Å². The molecule has 0 radical (unpaired) electrons. The van der Waals surface area contributed by atoms with E-state index in [4.69, 9.17) is 0 Å². The van der Waals surface area contributed by atoms with E-state index in [1.54, 1.807) is 6.92 Å². The van der Waals surface area contributed by atoms with Gasteiger partial charge in [-0.2, -0.15) is 0 Å². The van der Waals surface area contributed by atoms with Crippen molar-refractivity contribution >= 4 is 27.6 Å². The molecule has 1 aromatic rings. The summed E-state index contributed by atoms with van der Waals surface area (Å²) in [6.07, 6.45) is 1.30. The smallest absolute Gasteiger partial charge is 0.335 e. The molecule has 0 saturated carbocycles. The van der Waals surface area contributed by atoms with Crippen molar-refractivity contribution in [2.45, 2.75) is 13.5 Å². The van der Waals surface area contributed by atoms with Gasteiger partial charge in [0.2, 0.25) is 0 Å². The fourth-order valence-electron chi connectivity index (χ4n) is 1.18. The minimum absolute atomic E-state index is 0.184. The number of nitro groups is 1. The predicted octanol–water partition coefficient (Wildman–Crippen LogP) is 1.08. The molecular weight excluding hydrogens is 296 g/mol. The number of nitrogens with zero attached hydrogens (tertiary/aromatic N) is 2. The first-order valence-corrected chi connectivity index (χ1v) is 5.45. The van der Waals surface area contributed by atoms with Crippen LogP contribution in [-0.4, -0.2) is 22.1 Å². The Morgan fingerprint density at radius 3 is 2.82 bits per heavy atom. The minimum atomic E-state index is -0.841. The maximum Gasteiger partial charge on any atom is 0.335 e. The Labute approximate surface area is 104 Å². The Balaban J connectivity index is 3.12. The number of carbonyl (C=O) groups is 1. The van der Waals surface area contributed by atoms with Gasteiger partial charge in [0.05, 0.1) is 11.5 Å². The zero-order valence-electron chi connectivity index (χ0n) is 8.88. The lowest BCUT2D eigenvalue weighted by atomic mass is 10.4. The number of aromatic nitrogens is 1. The third kappa shape index (κ3) is 3.38. The van der Waals surface area contributed by atoms with Gasteiger partial charge >= 0.3 is 17.2 Å². The lowest BCUT2D eigenvalue weighted by Gasteiger charge is -2.05. The lowest BCUT2D eigenvalue weighted by Crippen LogP contribution is -2.26. The van der Waals surface area contributed by atoms with Crippen LogP contribution in [0.15, 0.2) is 21.5 Å². The van der Waals surface area contributed by atoms with Crippen molar-refractivity contribution < 1.29 is 14.5 Å². The minimum Gasteiger partial charge on any atom is -0.465 e. The van der Waals surface area contributed by atoms with Crippen LogP contribution in [0.1, 0.15) is 6.92 Å². The highest BCUT2D eigenvalue weighted by atomic mass is 79.9. The maximum atomic E-state index is 11.6. The van der Waals surface area contributed by atoms with Crippen molar-refractivity contribution in [2.24, 2.45) is 0 Å². The van der Waals surface area contributed by atoms with E-state index in [0.717, 1.165) is 10.6 Å². The van der Waals surface area contributed by atoms with Gasteiger partial charge in [0, 0.05) is 16.7 Å². The van der Waals surface area contributed by atoms with Crippen LogP contribution in [0.4, 0.5) is 5.69 Å². The summed E-state index contributed by atoms with van der Waals surface area (Å²) < 4.78 is 5.93. The molecule has 92 valence electrons. The first-order chi connectivity index (χ1) is 7.95. The number of hydrogen-bond donors (Lipinski definition) is 0. The number of halogens is 1. The van der Waals surface area contributed by atoms with Gasteiger partial charge in [-0.25, -0.2) is 0 Å². The van der Waals surface area contributed by atoms with Crippen LogP contribution in [-0.2, 0) is 16.1 Å². The molecule has 0 aromatic carbocycles. The highest BCUT2D eigenvalue weighted by molar-refractivity contribution is 9.10. The van der Waals surface area contributed by atoms with Crippen molar-refractivity contribution in [2.75, 3.05) is 6.61 Å². The van der Waals surface area contributed by atoms with Crippen LogP contribution >= 0.6 is 15.9 Å². The van der Waals surface area contributed by atoms with Crippen LogP contribution in [0.3, 0.4) is 0 Å². The number of carbonyl (C=O) groups excluding carboxylic acids is 1. The van der Waals surface area contributed by atoms with E-state index in [9.17, 15) is 19.7 Å². The van der Waals surface area contributed by atoms with Crippen molar-refractivity contribution in [1.82, 2.24) is 4.57 Å². The third-order valence-electron chi connectivity index (χ3n) is 1.84. The molecule has 0 fully saturated rings. The summed E-state index contributed by atoms with van der Waals surface area (Å²) in [5, 5.41) is 10.6. The summed E-state index contributed by atoms with van der Waals surface area (Å²) in [6, 6.07) is 1.09. The standard InChI is InChI=1S/C9H9BrN2O5/c1-2-17-8(13)5-11-4-6(10)3-7(9(11)14)12(15)16/h3-4H,2,5H2,1H3. The van der Waals surface area contributed by atoms with Crippen LogP contribution in [0.2, 0.25) is 0 Å². The van der Waals surface area contributed by atoms with Crippen molar-refractivity contribution in [3.05, 3.63) is 37.2 Å². The molecule has 1 heterocycles. The fraction of sp³-hybridized carbons (Fsp3) is 0.333. The molecule has 1 rings (SSSR count). The van der Waals surface area contributed by atoms with Crippen molar-refractivity contribution in [3.8, 4) is 0 Å². The molecule has 7 nitrogen and oxygen atoms in total. The molecular formula is C9H9BrN2O5. The summed E-state index contributed by atoms with van der Waals surface area (Å²) >= 11 is 3.03. The summed E-state index contributed by atoms with van der Waals surface area (Å²) in [7, 11) is 0. The average molecular weight is 305 g/mol. The monoisotopic (exact) mass is 304 g/mol. The molecule has 0 aliphatic carbocycles. The molecule has 0 aliphatic heterocycles. The molecule has 0 amide bonds. The van der Waals surface area contributed by atoms with Crippen molar-refractivity contribution in [1.29, 1.82) is 0 Å². The van der Waals surface area contributed by atoms with E-state index in [0.29, 0.717) is 4.47 Å². The second kappa shape index (κ2) is 5.58. The van der Waals surface area contributed by atoms with Gasteiger partial charge < -0.3 is 4.74 Å². The third-order valence-corrected chi connectivity index (χ3v) is 2.27. The molecule has 0 spiro atoms. The predicted molar refractivity (Wildman–Crippen MR) is 61.7 cm³/mol. The van der Waals surface area contributed by atoms with Gasteiger partial charge in [0.25, 0.3) is 0 Å². The first-order valence-electron chi connectivity index (χ1n) is 4.65. The van der Waals surface area contributed by atoms with E-state index in [1.165, 1.54) is 6.20 Å². The van der Waals surface area contributed by atoms with E-state index in [2.05, 4.69) is 20.7 Å². The molecule has 1 aromatic heterocycles. The van der Waals surface area contributed by atoms with Crippen LogP contribution in [0.5, 0.6) is 0 Å². The SMILES string of the molecule is CCOC(=O)Cn1cc(Br)cc([N+](=O)[O-])c1=O. The highest BCUT2D eigenvalue weighted by Crippen LogP contribution is 2.13. The van der Waals surface area contributed by atoms with E-state index in [-0.39, 0.29) is 13.2 Å².